The minimum Gasteiger partial charge on any atom is -0.307 e. The van der Waals surface area contributed by atoms with Crippen LogP contribution in [-0.2, 0) is 0 Å². The van der Waals surface area contributed by atoms with E-state index < -0.39 is 23.5 Å². The summed E-state index contributed by atoms with van der Waals surface area (Å²) in [6.45, 7) is 0. The van der Waals surface area contributed by atoms with Gasteiger partial charge in [0.25, 0.3) is 0 Å². The summed E-state index contributed by atoms with van der Waals surface area (Å²) < 4.78 is 39.4. The fourth-order valence-corrected chi connectivity index (χ4v) is 2.28. The first-order valence-electron chi connectivity index (χ1n) is 7.41. The number of nitrogens with one attached hydrogen (secondary N) is 1. The molecule has 3 aromatic rings. The lowest BCUT2D eigenvalue weighted by Crippen LogP contribution is -2.30. The van der Waals surface area contributed by atoms with Gasteiger partial charge >= 0.3 is 6.03 Å². The Morgan fingerprint density at radius 1 is 0.640 bits per heavy atom. The maximum atomic E-state index is 13.2. The molecule has 3 aromatic carbocycles. The third kappa shape index (κ3) is 3.98. The second-order valence-corrected chi connectivity index (χ2v) is 5.23. The van der Waals surface area contributed by atoms with Crippen molar-refractivity contribution in [2.45, 2.75) is 0 Å². The molecule has 0 fully saturated rings. The monoisotopic (exact) mass is 342 g/mol. The average molecular weight is 342 g/mol. The summed E-state index contributed by atoms with van der Waals surface area (Å²) >= 11 is 0. The summed E-state index contributed by atoms with van der Waals surface area (Å²) in [4.78, 5) is 14.0. The summed E-state index contributed by atoms with van der Waals surface area (Å²) in [5, 5.41) is 2.63. The Labute approximate surface area is 142 Å². The minimum atomic E-state index is -0.551. The molecule has 0 radical (unpaired) electrons. The molecule has 126 valence electrons. The summed E-state index contributed by atoms with van der Waals surface area (Å²) in [5.41, 5.74) is 1.18. The Morgan fingerprint density at radius 2 is 1.00 bits per heavy atom. The van der Waals surface area contributed by atoms with Gasteiger partial charge in [-0.25, -0.2) is 18.0 Å². The molecule has 0 aromatic heterocycles. The van der Waals surface area contributed by atoms with E-state index in [4.69, 9.17) is 0 Å². The van der Waals surface area contributed by atoms with E-state index in [-0.39, 0.29) is 0 Å². The molecule has 0 bridgehead atoms. The van der Waals surface area contributed by atoms with Gasteiger partial charge in [-0.3, -0.25) is 4.90 Å². The molecule has 0 unspecified atom stereocenters. The molecular formula is C19H13F3N2O. The van der Waals surface area contributed by atoms with Crippen LogP contribution in [0.4, 0.5) is 35.0 Å². The number of halogens is 3. The fraction of sp³-hybridized carbons (Fsp3) is 0. The quantitative estimate of drug-likeness (QED) is 0.672. The van der Waals surface area contributed by atoms with Crippen LogP contribution in [0.15, 0.2) is 72.8 Å². The zero-order valence-corrected chi connectivity index (χ0v) is 12.9. The van der Waals surface area contributed by atoms with E-state index in [9.17, 15) is 18.0 Å². The van der Waals surface area contributed by atoms with E-state index in [2.05, 4.69) is 5.32 Å². The van der Waals surface area contributed by atoms with Gasteiger partial charge in [0.05, 0.1) is 11.4 Å². The molecular weight excluding hydrogens is 329 g/mol. The molecule has 25 heavy (non-hydrogen) atoms. The third-order valence-corrected chi connectivity index (χ3v) is 3.47. The van der Waals surface area contributed by atoms with Crippen LogP contribution in [0.1, 0.15) is 0 Å². The van der Waals surface area contributed by atoms with Crippen LogP contribution < -0.4 is 10.2 Å². The Balaban J connectivity index is 1.94. The molecule has 0 atom stereocenters. The van der Waals surface area contributed by atoms with Crippen molar-refractivity contribution in [3.8, 4) is 0 Å². The van der Waals surface area contributed by atoms with Crippen LogP contribution in [0.5, 0.6) is 0 Å². The number of benzene rings is 3. The number of urea groups is 1. The van der Waals surface area contributed by atoms with Crippen LogP contribution in [0.3, 0.4) is 0 Å². The van der Waals surface area contributed by atoms with Crippen molar-refractivity contribution < 1.29 is 18.0 Å². The molecule has 1 N–H and O–H groups in total. The summed E-state index contributed by atoms with van der Waals surface area (Å²) in [7, 11) is 0. The molecule has 0 aliphatic carbocycles. The summed E-state index contributed by atoms with van der Waals surface area (Å²) in [6, 6.07) is 15.3. The Bertz CT molecular complexity index is 817. The Kier molecular flexibility index (Phi) is 4.70. The Morgan fingerprint density at radius 3 is 1.40 bits per heavy atom. The molecule has 3 nitrogen and oxygen atoms in total. The molecule has 3 rings (SSSR count). The third-order valence-electron chi connectivity index (χ3n) is 3.47. The zero-order valence-electron chi connectivity index (χ0n) is 12.9. The topological polar surface area (TPSA) is 32.3 Å². The summed E-state index contributed by atoms with van der Waals surface area (Å²) in [5.74, 6) is -1.31. The number of carbonyl (C=O) groups is 1. The number of nitrogens with zero attached hydrogens (tertiary/aromatic N) is 1. The van der Waals surface area contributed by atoms with E-state index in [1.807, 2.05) is 0 Å². The average Bonchev–Trinajstić information content (AvgIpc) is 2.60. The molecule has 0 saturated heterocycles. The zero-order chi connectivity index (χ0) is 17.8. The Hall–Kier alpha value is -3.28. The van der Waals surface area contributed by atoms with E-state index in [0.29, 0.717) is 17.1 Å². The van der Waals surface area contributed by atoms with Gasteiger partial charge in [-0.2, -0.15) is 0 Å². The standard InChI is InChI=1S/C19H13F3N2O/c20-13-1-7-16(8-2-13)23-19(25)24(17-9-3-14(21)4-10-17)18-11-5-15(22)6-12-18/h1-12H,(H,23,25). The van der Waals surface area contributed by atoms with Gasteiger partial charge in [-0.05, 0) is 72.8 Å². The van der Waals surface area contributed by atoms with Gasteiger partial charge in [0.2, 0.25) is 0 Å². The predicted octanol–water partition coefficient (Wildman–Crippen LogP) is 5.47. The molecule has 0 heterocycles. The van der Waals surface area contributed by atoms with E-state index >= 15 is 0 Å². The molecule has 6 heteroatoms. The first kappa shape index (κ1) is 16.6. The highest BCUT2D eigenvalue weighted by Gasteiger charge is 2.18. The number of hydrogen-bond donors (Lipinski definition) is 1. The van der Waals surface area contributed by atoms with Crippen LogP contribution >= 0.6 is 0 Å². The fourth-order valence-electron chi connectivity index (χ4n) is 2.28. The van der Waals surface area contributed by atoms with Gasteiger partial charge in [-0.15, -0.1) is 0 Å². The van der Waals surface area contributed by atoms with E-state index in [1.165, 1.54) is 77.7 Å². The molecule has 0 aliphatic rings. The summed E-state index contributed by atoms with van der Waals surface area (Å²) in [6.07, 6.45) is 0. The molecule has 0 saturated carbocycles. The van der Waals surface area contributed by atoms with Crippen molar-refractivity contribution in [3.05, 3.63) is 90.2 Å². The van der Waals surface area contributed by atoms with Crippen molar-refractivity contribution in [2.24, 2.45) is 0 Å². The van der Waals surface area contributed by atoms with Gasteiger partial charge in [0, 0.05) is 5.69 Å². The number of carbonyl (C=O) groups excluding carboxylic acids is 1. The van der Waals surface area contributed by atoms with E-state index in [0.717, 1.165) is 0 Å². The lowest BCUT2D eigenvalue weighted by atomic mass is 10.2. The maximum Gasteiger partial charge on any atom is 0.330 e. The van der Waals surface area contributed by atoms with Crippen LogP contribution in [-0.4, -0.2) is 6.03 Å². The number of amides is 2. The van der Waals surface area contributed by atoms with Gasteiger partial charge in [0.15, 0.2) is 0 Å². The van der Waals surface area contributed by atoms with Gasteiger partial charge in [-0.1, -0.05) is 0 Å². The lowest BCUT2D eigenvalue weighted by molar-refractivity contribution is 0.259. The number of hydrogen-bond acceptors (Lipinski definition) is 1. The van der Waals surface area contributed by atoms with Crippen molar-refractivity contribution in [1.82, 2.24) is 0 Å². The molecule has 2 amide bonds. The number of rotatable bonds is 3. The van der Waals surface area contributed by atoms with Gasteiger partial charge < -0.3 is 5.32 Å². The van der Waals surface area contributed by atoms with Crippen molar-refractivity contribution in [3.63, 3.8) is 0 Å². The largest absolute Gasteiger partial charge is 0.330 e. The lowest BCUT2D eigenvalue weighted by Gasteiger charge is -2.23. The first-order chi connectivity index (χ1) is 12.0. The van der Waals surface area contributed by atoms with Crippen LogP contribution in [0, 0.1) is 17.5 Å². The molecule has 0 aliphatic heterocycles. The maximum absolute atomic E-state index is 13.2. The SMILES string of the molecule is O=C(Nc1ccc(F)cc1)N(c1ccc(F)cc1)c1ccc(F)cc1. The second kappa shape index (κ2) is 7.09. The van der Waals surface area contributed by atoms with Crippen molar-refractivity contribution in [1.29, 1.82) is 0 Å². The number of anilines is 3. The highest BCUT2D eigenvalue weighted by atomic mass is 19.1. The normalized spacial score (nSPS) is 10.4. The smallest absolute Gasteiger partial charge is 0.307 e. The van der Waals surface area contributed by atoms with Crippen LogP contribution in [0.2, 0.25) is 0 Å². The van der Waals surface area contributed by atoms with Crippen molar-refractivity contribution in [2.75, 3.05) is 10.2 Å². The highest BCUT2D eigenvalue weighted by Crippen LogP contribution is 2.27. The van der Waals surface area contributed by atoms with Gasteiger partial charge in [0.1, 0.15) is 17.5 Å². The van der Waals surface area contributed by atoms with Crippen LogP contribution in [0.25, 0.3) is 0 Å². The predicted molar refractivity (Wildman–Crippen MR) is 90.4 cm³/mol. The minimum absolute atomic E-state index is 0.389. The molecule has 0 spiro atoms. The highest BCUT2D eigenvalue weighted by molar-refractivity contribution is 6.07. The van der Waals surface area contributed by atoms with Crippen molar-refractivity contribution >= 4 is 23.1 Å². The second-order valence-electron chi connectivity index (χ2n) is 5.23. The van der Waals surface area contributed by atoms with E-state index in [1.54, 1.807) is 0 Å². The first-order valence-corrected chi connectivity index (χ1v) is 7.41.